The SMILES string of the molecule is CCCC1(CCC)c2ccccc2-c2cc3c(cc21)N(CCC1OCCO1)/C(=C/C=O)C3(C)C.CCCC1(CCC)c2ccccc2-c2cc3c(cc21)N1CCC2OC(=O)C(C(=O)OC)=CC2=C1C3(C)C.COC(=O)CC(=O)OC. The molecule has 0 bridgehead atoms. The van der Waals surface area contributed by atoms with Gasteiger partial charge >= 0.3 is 23.9 Å². The molecule has 80 heavy (non-hydrogen) atoms. The van der Waals surface area contributed by atoms with Gasteiger partial charge in [0.05, 0.1) is 34.5 Å². The summed E-state index contributed by atoms with van der Waals surface area (Å²) in [6.07, 6.45) is 14.2. The van der Waals surface area contributed by atoms with Gasteiger partial charge in [-0.15, -0.1) is 0 Å². The van der Waals surface area contributed by atoms with E-state index in [0.717, 1.165) is 94.1 Å². The number of ether oxygens (including phenoxy) is 6. The minimum absolute atomic E-state index is 0.0289. The third-order valence-corrected chi connectivity index (χ3v) is 17.9. The summed E-state index contributed by atoms with van der Waals surface area (Å²) < 4.78 is 30.4. The molecule has 1 saturated heterocycles. The standard InChI is InChI=1S/C32H35NO4.C30H37NO3.C5H8O4/c1-6-13-32(14-7-2)23-11-9-8-10-19(23)20-17-25-26(18-24(20)32)33-15-12-27-21(28(33)31(25,3)4)16-22(29(34)36-5)30(35)37-27;1-5-13-30(14-6-2)23-10-8-7-9-21(23)22-19-25-26(20-24(22)30)31(15-11-28-33-17-18-34-28)27(12-16-32)29(25,3)4;1-8-4(6)3-5(7)9-2/h8-11,16-18,27H,6-7,12-15H2,1-5H3;7-10,12,16,19-20,28H,5-6,11,13-15,17-18H2,1-4H3;3H2,1-2H3/b;27-12+;. The van der Waals surface area contributed by atoms with Crippen LogP contribution in [0.2, 0.25) is 0 Å². The first-order valence-electron chi connectivity index (χ1n) is 28.9. The van der Waals surface area contributed by atoms with Crippen LogP contribution in [0.5, 0.6) is 0 Å². The van der Waals surface area contributed by atoms with Gasteiger partial charge in [-0.3, -0.25) is 14.4 Å². The Bertz CT molecular complexity index is 3150. The summed E-state index contributed by atoms with van der Waals surface area (Å²) >= 11 is 0. The quantitative estimate of drug-likeness (QED) is 0.0278. The van der Waals surface area contributed by atoms with Crippen LogP contribution in [-0.4, -0.2) is 90.2 Å². The summed E-state index contributed by atoms with van der Waals surface area (Å²) in [6, 6.07) is 27.7. The van der Waals surface area contributed by atoms with Crippen LogP contribution >= 0.6 is 0 Å². The third kappa shape index (κ3) is 9.79. The molecule has 4 aromatic carbocycles. The van der Waals surface area contributed by atoms with Gasteiger partial charge in [-0.1, -0.05) is 130 Å². The highest BCUT2D eigenvalue weighted by Gasteiger charge is 2.51. The second-order valence-electron chi connectivity index (χ2n) is 23.2. The molecule has 0 aromatic heterocycles. The van der Waals surface area contributed by atoms with Crippen molar-refractivity contribution < 1.29 is 52.4 Å². The Hall–Kier alpha value is -6.83. The molecule has 424 valence electrons. The number of esters is 4. The van der Waals surface area contributed by atoms with Crippen molar-refractivity contribution >= 4 is 41.5 Å². The largest absolute Gasteiger partial charge is 0.469 e. The lowest BCUT2D eigenvalue weighted by atomic mass is 9.71. The highest BCUT2D eigenvalue weighted by Crippen LogP contribution is 2.61. The number of fused-ring (bicyclic) bond motifs is 11. The minimum Gasteiger partial charge on any atom is -0.469 e. The monoisotopic (exact) mass is 1090 g/mol. The van der Waals surface area contributed by atoms with E-state index in [4.69, 9.17) is 18.9 Å². The second-order valence-corrected chi connectivity index (χ2v) is 23.2. The topological polar surface area (TPSA) is 147 Å². The molecule has 13 nitrogen and oxygen atoms in total. The van der Waals surface area contributed by atoms with Gasteiger partial charge in [-0.25, -0.2) is 9.59 Å². The van der Waals surface area contributed by atoms with Crippen LogP contribution in [0.15, 0.2) is 107 Å². The van der Waals surface area contributed by atoms with E-state index in [1.54, 1.807) is 12.2 Å². The number of hydrogen-bond donors (Lipinski definition) is 0. The molecular weight excluding hydrogens is 1010 g/mol. The number of nitrogens with zero attached hydrogens (tertiary/aromatic N) is 2. The molecular formula is C67H80N2O11. The fourth-order valence-corrected chi connectivity index (χ4v) is 14.6. The molecule has 5 aliphatic heterocycles. The average Bonchev–Trinajstić information content (AvgIpc) is 3.94. The average molecular weight is 1090 g/mol. The molecule has 0 amide bonds. The van der Waals surface area contributed by atoms with Gasteiger partial charge < -0.3 is 38.2 Å². The van der Waals surface area contributed by atoms with E-state index in [2.05, 4.69) is 147 Å². The number of rotatable bonds is 15. The zero-order chi connectivity index (χ0) is 57.3. The Morgan fingerprint density at radius 2 is 1.16 bits per heavy atom. The Morgan fingerprint density at radius 1 is 0.650 bits per heavy atom. The highest BCUT2D eigenvalue weighted by atomic mass is 16.7. The molecule has 0 N–H and O–H groups in total. The summed E-state index contributed by atoms with van der Waals surface area (Å²) in [5, 5.41) is 0. The highest BCUT2D eigenvalue weighted by molar-refractivity contribution is 6.15. The van der Waals surface area contributed by atoms with Gasteiger partial charge in [0.15, 0.2) is 6.29 Å². The molecule has 4 aromatic rings. The van der Waals surface area contributed by atoms with Crippen molar-refractivity contribution in [3.8, 4) is 22.3 Å². The van der Waals surface area contributed by atoms with Crippen LogP contribution in [0.25, 0.3) is 22.3 Å². The molecule has 2 aliphatic carbocycles. The van der Waals surface area contributed by atoms with Gasteiger partial charge in [0.25, 0.3) is 0 Å². The first kappa shape index (κ1) is 57.8. The Labute approximate surface area is 472 Å². The van der Waals surface area contributed by atoms with Crippen LogP contribution in [0.4, 0.5) is 11.4 Å². The fourth-order valence-electron chi connectivity index (χ4n) is 14.6. The molecule has 13 heteroatoms. The van der Waals surface area contributed by atoms with E-state index in [1.807, 2.05) is 0 Å². The number of methoxy groups -OCH3 is 3. The number of hydrogen-bond acceptors (Lipinski definition) is 13. The summed E-state index contributed by atoms with van der Waals surface area (Å²) in [7, 11) is 3.72. The van der Waals surface area contributed by atoms with Crippen molar-refractivity contribution in [2.75, 3.05) is 57.4 Å². The molecule has 1 fully saturated rings. The minimum atomic E-state index is -0.651. The van der Waals surface area contributed by atoms with Crippen molar-refractivity contribution in [2.24, 2.45) is 0 Å². The van der Waals surface area contributed by atoms with E-state index < -0.39 is 23.9 Å². The number of carbonyl (C=O) groups excluding carboxylic acids is 5. The van der Waals surface area contributed by atoms with Gasteiger partial charge in [0.1, 0.15) is 24.4 Å². The maximum absolute atomic E-state index is 12.5. The van der Waals surface area contributed by atoms with E-state index in [1.165, 1.54) is 88.3 Å². The molecule has 0 saturated carbocycles. The predicted molar refractivity (Wildman–Crippen MR) is 310 cm³/mol. The normalized spacial score (nSPS) is 20.0. The third-order valence-electron chi connectivity index (χ3n) is 17.9. The van der Waals surface area contributed by atoms with Crippen molar-refractivity contribution in [3.63, 3.8) is 0 Å². The van der Waals surface area contributed by atoms with Crippen molar-refractivity contribution in [2.45, 2.75) is 160 Å². The maximum atomic E-state index is 12.5. The fraction of sp³-hybridized carbons (Fsp3) is 0.478. The molecule has 1 atom stereocenters. The number of benzene rings is 4. The predicted octanol–water partition coefficient (Wildman–Crippen LogP) is 12.6. The van der Waals surface area contributed by atoms with E-state index in [9.17, 15) is 24.0 Å². The molecule has 0 spiro atoms. The first-order chi connectivity index (χ1) is 38.5. The molecule has 11 rings (SSSR count). The van der Waals surface area contributed by atoms with Crippen molar-refractivity contribution in [1.82, 2.24) is 0 Å². The lowest BCUT2D eigenvalue weighted by Crippen LogP contribution is -2.41. The van der Waals surface area contributed by atoms with Gasteiger partial charge in [0, 0.05) is 75.9 Å². The lowest BCUT2D eigenvalue weighted by Gasteiger charge is -2.38. The first-order valence-corrected chi connectivity index (χ1v) is 28.9. The Kier molecular flexibility index (Phi) is 16.9. The zero-order valence-corrected chi connectivity index (χ0v) is 48.8. The molecule has 1 unspecified atom stereocenters. The maximum Gasteiger partial charge on any atom is 0.346 e. The van der Waals surface area contributed by atoms with E-state index in [0.29, 0.717) is 19.6 Å². The number of allylic oxidation sites excluding steroid dienone is 3. The summed E-state index contributed by atoms with van der Waals surface area (Å²) in [4.78, 5) is 61.9. The number of aldehydes is 1. The second kappa shape index (κ2) is 23.3. The Morgan fingerprint density at radius 3 is 1.66 bits per heavy atom. The van der Waals surface area contributed by atoms with Gasteiger partial charge in [-0.05, 0) is 118 Å². The van der Waals surface area contributed by atoms with Crippen LogP contribution in [0, 0.1) is 0 Å². The van der Waals surface area contributed by atoms with Gasteiger partial charge in [-0.2, -0.15) is 0 Å². The smallest absolute Gasteiger partial charge is 0.346 e. The molecule has 7 aliphatic rings. The van der Waals surface area contributed by atoms with Crippen LogP contribution in [0.3, 0.4) is 0 Å². The lowest BCUT2D eigenvalue weighted by molar-refractivity contribution is -0.152. The Balaban J connectivity index is 0.000000169. The van der Waals surface area contributed by atoms with E-state index >= 15 is 0 Å². The van der Waals surface area contributed by atoms with Crippen molar-refractivity contribution in [3.05, 3.63) is 141 Å². The number of anilines is 2. The van der Waals surface area contributed by atoms with Crippen LogP contribution in [-0.2, 0) is 74.1 Å². The zero-order valence-electron chi connectivity index (χ0n) is 48.8. The van der Waals surface area contributed by atoms with Crippen LogP contribution in [0.1, 0.15) is 159 Å². The van der Waals surface area contributed by atoms with Crippen LogP contribution < -0.4 is 9.80 Å². The summed E-state index contributed by atoms with van der Waals surface area (Å²) in [5.41, 5.74) is 19.0. The molecule has 5 heterocycles. The van der Waals surface area contributed by atoms with Gasteiger partial charge in [0.2, 0.25) is 0 Å². The summed E-state index contributed by atoms with van der Waals surface area (Å²) in [5.74, 6) is -2.41. The molecule has 0 radical (unpaired) electrons. The summed E-state index contributed by atoms with van der Waals surface area (Å²) in [6.45, 7) is 21.0. The number of carbonyl (C=O) groups is 5. The van der Waals surface area contributed by atoms with Crippen molar-refractivity contribution in [1.29, 1.82) is 0 Å². The van der Waals surface area contributed by atoms with E-state index in [-0.39, 0.29) is 46.0 Å².